The van der Waals surface area contributed by atoms with Crippen LogP contribution in [0.4, 0.5) is 10.5 Å². The summed E-state index contributed by atoms with van der Waals surface area (Å²) in [5.74, 6) is -0.628. The molecule has 6 nitrogen and oxygen atoms in total. The Bertz CT molecular complexity index is 878. The molecule has 0 radical (unpaired) electrons. The maximum Gasteiger partial charge on any atom is 0.329 e. The van der Waals surface area contributed by atoms with Crippen LogP contribution in [0.2, 0.25) is 0 Å². The molecule has 0 fully saturated rings. The van der Waals surface area contributed by atoms with Crippen molar-refractivity contribution in [1.29, 1.82) is 0 Å². The lowest BCUT2D eigenvalue weighted by Gasteiger charge is -2.32. The van der Waals surface area contributed by atoms with Crippen LogP contribution in [-0.2, 0) is 9.84 Å². The van der Waals surface area contributed by atoms with Crippen LogP contribution in [0, 0.1) is 0 Å². The van der Waals surface area contributed by atoms with Gasteiger partial charge in [0.25, 0.3) is 5.91 Å². The second-order valence-electron chi connectivity index (χ2n) is 5.11. The number of fused-ring (bicyclic) bond motifs is 1. The molecule has 0 aliphatic carbocycles. The van der Waals surface area contributed by atoms with E-state index >= 15 is 0 Å². The Morgan fingerprint density at radius 2 is 1.65 bits per heavy atom. The molecule has 1 unspecified atom stereocenters. The van der Waals surface area contributed by atoms with Gasteiger partial charge in [-0.2, -0.15) is 0 Å². The average Bonchev–Trinajstić information content (AvgIpc) is 2.54. The Morgan fingerprint density at radius 3 is 2.35 bits per heavy atom. The van der Waals surface area contributed by atoms with E-state index in [9.17, 15) is 18.0 Å². The number of nitrogens with zero attached hydrogens (tertiary/aromatic N) is 1. The summed E-state index contributed by atoms with van der Waals surface area (Å²) in [4.78, 5) is 25.7. The fraction of sp³-hybridized carbons (Fsp3) is 0.125. The summed E-state index contributed by atoms with van der Waals surface area (Å²) in [6.45, 7) is 1.33. The normalized spacial score (nSPS) is 19.1. The van der Waals surface area contributed by atoms with E-state index < -0.39 is 27.1 Å². The monoisotopic (exact) mass is 330 g/mol. The average molecular weight is 330 g/mol. The van der Waals surface area contributed by atoms with Gasteiger partial charge in [-0.3, -0.25) is 4.79 Å². The SMILES string of the molecule is CC1N(C(=O)Nc2ccccc2)C(=O)c2ccccc2S1(=O)=O. The molecular weight excluding hydrogens is 316 g/mol. The topological polar surface area (TPSA) is 83.6 Å². The first-order valence-electron chi connectivity index (χ1n) is 6.95. The number of sulfone groups is 1. The number of carbonyl (C=O) groups excluding carboxylic acids is 2. The van der Waals surface area contributed by atoms with Crippen LogP contribution < -0.4 is 5.32 Å². The van der Waals surface area contributed by atoms with Crippen molar-refractivity contribution in [2.24, 2.45) is 0 Å². The molecule has 0 saturated heterocycles. The summed E-state index contributed by atoms with van der Waals surface area (Å²) in [7, 11) is -3.80. The Hall–Kier alpha value is -2.67. The van der Waals surface area contributed by atoms with Crippen molar-refractivity contribution >= 4 is 27.5 Å². The molecule has 2 aromatic carbocycles. The maximum atomic E-state index is 12.5. The van der Waals surface area contributed by atoms with E-state index in [1.807, 2.05) is 0 Å². The number of para-hydroxylation sites is 1. The highest BCUT2D eigenvalue weighted by Gasteiger charge is 2.44. The summed E-state index contributed by atoms with van der Waals surface area (Å²) < 4.78 is 25.1. The first kappa shape index (κ1) is 15.2. The van der Waals surface area contributed by atoms with Crippen molar-refractivity contribution in [3.8, 4) is 0 Å². The summed E-state index contributed by atoms with van der Waals surface area (Å²) >= 11 is 0. The molecule has 1 aliphatic rings. The third-order valence-corrected chi connectivity index (χ3v) is 5.78. The number of amides is 3. The number of hydrogen-bond acceptors (Lipinski definition) is 4. The molecule has 23 heavy (non-hydrogen) atoms. The van der Waals surface area contributed by atoms with Gasteiger partial charge in [0.1, 0.15) is 5.37 Å². The van der Waals surface area contributed by atoms with Crippen molar-refractivity contribution in [3.05, 3.63) is 60.2 Å². The van der Waals surface area contributed by atoms with Gasteiger partial charge in [-0.15, -0.1) is 0 Å². The minimum absolute atomic E-state index is 0.00816. The second-order valence-corrected chi connectivity index (χ2v) is 7.32. The third-order valence-electron chi connectivity index (χ3n) is 3.70. The number of urea groups is 1. The standard InChI is InChI=1S/C16H14N2O4S/c1-11-18(16(20)17-12-7-3-2-4-8-12)15(19)13-9-5-6-10-14(13)23(11,21)22/h2-11H,1H3,(H,17,20). The van der Waals surface area contributed by atoms with Gasteiger partial charge >= 0.3 is 6.03 Å². The molecule has 3 rings (SSSR count). The van der Waals surface area contributed by atoms with Crippen molar-refractivity contribution in [2.45, 2.75) is 17.2 Å². The van der Waals surface area contributed by atoms with Crippen molar-refractivity contribution < 1.29 is 18.0 Å². The van der Waals surface area contributed by atoms with E-state index in [-0.39, 0.29) is 10.5 Å². The molecule has 1 atom stereocenters. The molecule has 1 N–H and O–H groups in total. The molecule has 2 aromatic rings. The molecule has 0 spiro atoms. The molecule has 1 heterocycles. The summed E-state index contributed by atoms with van der Waals surface area (Å²) in [5.41, 5.74) is 0.488. The number of nitrogens with one attached hydrogen (secondary N) is 1. The quantitative estimate of drug-likeness (QED) is 0.871. The van der Waals surface area contributed by atoms with Gasteiger partial charge in [-0.1, -0.05) is 30.3 Å². The van der Waals surface area contributed by atoms with Crippen LogP contribution in [0.15, 0.2) is 59.5 Å². The van der Waals surface area contributed by atoms with Gasteiger partial charge in [0.15, 0.2) is 0 Å². The molecule has 0 aromatic heterocycles. The Balaban J connectivity index is 2.01. The summed E-state index contributed by atoms with van der Waals surface area (Å²) in [5, 5.41) is 1.27. The van der Waals surface area contributed by atoms with Crippen LogP contribution in [0.5, 0.6) is 0 Å². The zero-order chi connectivity index (χ0) is 16.6. The van der Waals surface area contributed by atoms with Gasteiger partial charge in [-0.25, -0.2) is 18.1 Å². The highest BCUT2D eigenvalue weighted by Crippen LogP contribution is 2.30. The van der Waals surface area contributed by atoms with Crippen LogP contribution in [0.1, 0.15) is 17.3 Å². The van der Waals surface area contributed by atoms with Gasteiger partial charge in [0.2, 0.25) is 9.84 Å². The van der Waals surface area contributed by atoms with Gasteiger partial charge in [0.05, 0.1) is 10.5 Å². The first-order chi connectivity index (χ1) is 10.9. The maximum absolute atomic E-state index is 12.5. The minimum Gasteiger partial charge on any atom is -0.307 e. The lowest BCUT2D eigenvalue weighted by atomic mass is 10.2. The number of hydrogen-bond donors (Lipinski definition) is 1. The van der Waals surface area contributed by atoms with Gasteiger partial charge < -0.3 is 5.32 Å². The highest BCUT2D eigenvalue weighted by atomic mass is 32.2. The summed E-state index contributed by atoms with van der Waals surface area (Å²) in [6.07, 6.45) is 0. The fourth-order valence-electron chi connectivity index (χ4n) is 2.47. The molecular formula is C16H14N2O4S. The lowest BCUT2D eigenvalue weighted by Crippen LogP contribution is -2.52. The molecule has 0 saturated carbocycles. The zero-order valence-corrected chi connectivity index (χ0v) is 13.1. The number of rotatable bonds is 1. The van der Waals surface area contributed by atoms with E-state index in [4.69, 9.17) is 0 Å². The van der Waals surface area contributed by atoms with Crippen molar-refractivity contribution in [3.63, 3.8) is 0 Å². The predicted octanol–water partition coefficient (Wildman–Crippen LogP) is 2.49. The van der Waals surface area contributed by atoms with E-state index in [0.29, 0.717) is 5.69 Å². The van der Waals surface area contributed by atoms with Crippen molar-refractivity contribution in [2.75, 3.05) is 5.32 Å². The molecule has 7 heteroatoms. The van der Waals surface area contributed by atoms with Gasteiger partial charge in [0, 0.05) is 5.69 Å². The first-order valence-corrected chi connectivity index (χ1v) is 8.50. The van der Waals surface area contributed by atoms with Crippen LogP contribution in [-0.4, -0.2) is 30.6 Å². The molecule has 0 bridgehead atoms. The second kappa shape index (κ2) is 5.51. The fourth-order valence-corrected chi connectivity index (χ4v) is 4.04. The Morgan fingerprint density at radius 1 is 1.04 bits per heavy atom. The van der Waals surface area contributed by atoms with Gasteiger partial charge in [-0.05, 0) is 31.2 Å². The van der Waals surface area contributed by atoms with E-state index in [2.05, 4.69) is 5.32 Å². The Kier molecular flexibility index (Phi) is 3.65. The van der Waals surface area contributed by atoms with E-state index in [0.717, 1.165) is 4.90 Å². The minimum atomic E-state index is -3.80. The van der Waals surface area contributed by atoms with Crippen molar-refractivity contribution in [1.82, 2.24) is 4.90 Å². The van der Waals surface area contributed by atoms with E-state index in [1.165, 1.54) is 19.1 Å². The number of benzene rings is 2. The molecule has 3 amide bonds. The smallest absolute Gasteiger partial charge is 0.307 e. The Labute approximate surface area is 133 Å². The number of anilines is 1. The van der Waals surface area contributed by atoms with Crippen LogP contribution >= 0.6 is 0 Å². The highest BCUT2D eigenvalue weighted by molar-refractivity contribution is 7.92. The zero-order valence-electron chi connectivity index (χ0n) is 12.3. The van der Waals surface area contributed by atoms with Crippen LogP contribution in [0.3, 0.4) is 0 Å². The summed E-state index contributed by atoms with van der Waals surface area (Å²) in [6, 6.07) is 13.7. The third kappa shape index (κ3) is 2.49. The number of carbonyl (C=O) groups is 2. The largest absolute Gasteiger partial charge is 0.329 e. The van der Waals surface area contributed by atoms with E-state index in [1.54, 1.807) is 42.5 Å². The lowest BCUT2D eigenvalue weighted by molar-refractivity contribution is 0.0788. The molecule has 1 aliphatic heterocycles. The van der Waals surface area contributed by atoms with Crippen LogP contribution in [0.25, 0.3) is 0 Å². The molecule has 118 valence electrons. The predicted molar refractivity (Wildman–Crippen MR) is 84.7 cm³/mol. The number of imide groups is 1.